The molecule has 0 saturated carbocycles. The molecule has 0 aliphatic heterocycles. The van der Waals surface area contributed by atoms with Crippen LogP contribution in [0.1, 0.15) is 39.7 Å². The van der Waals surface area contributed by atoms with Gasteiger partial charge in [-0.3, -0.25) is 4.79 Å². The highest BCUT2D eigenvalue weighted by atomic mass is 32.2. The molecule has 1 atom stereocenters. The van der Waals surface area contributed by atoms with E-state index in [0.29, 0.717) is 22.5 Å². The molecule has 1 aromatic rings. The van der Waals surface area contributed by atoms with Crippen LogP contribution in [0.2, 0.25) is 0 Å². The van der Waals surface area contributed by atoms with Gasteiger partial charge in [0, 0.05) is 6.42 Å². The van der Waals surface area contributed by atoms with E-state index < -0.39 is 10.1 Å². The number of Topliss-reactive ketones (excluding diaryl/α,β-unsaturated/α-hetero) is 1. The van der Waals surface area contributed by atoms with Crippen molar-refractivity contribution < 1.29 is 17.8 Å². The molecule has 0 amide bonds. The fourth-order valence-electron chi connectivity index (χ4n) is 1.40. The summed E-state index contributed by atoms with van der Waals surface area (Å²) < 4.78 is 31.8. The van der Waals surface area contributed by atoms with Crippen LogP contribution in [0.5, 0.6) is 0 Å². The van der Waals surface area contributed by atoms with Gasteiger partial charge in [0.1, 0.15) is 14.9 Å². The van der Waals surface area contributed by atoms with E-state index in [0.717, 1.165) is 5.75 Å². The van der Waals surface area contributed by atoms with Crippen LogP contribution in [0.4, 0.5) is 0 Å². The largest absolute Gasteiger partial charge is 0.744 e. The summed E-state index contributed by atoms with van der Waals surface area (Å²) in [4.78, 5) is 10.9. The first kappa shape index (κ1) is 21.1. The molecule has 0 N–H and O–H groups in total. The molecule has 0 spiro atoms. The molecule has 126 valence electrons. The van der Waals surface area contributed by atoms with Gasteiger partial charge in [0.15, 0.2) is 11.5 Å². The van der Waals surface area contributed by atoms with Gasteiger partial charge in [0.2, 0.25) is 0 Å². The summed E-state index contributed by atoms with van der Waals surface area (Å²) in [7, 11) is -4.05. The van der Waals surface area contributed by atoms with Gasteiger partial charge in [-0.15, -0.1) is 0 Å². The molecule has 4 nitrogen and oxygen atoms in total. The maximum Gasteiger partial charge on any atom is 0.181 e. The first-order valence-corrected chi connectivity index (χ1v) is 10.3. The number of benzene rings is 1. The zero-order valence-electron chi connectivity index (χ0n) is 14.2. The molecule has 1 aromatic carbocycles. The lowest BCUT2D eigenvalue weighted by Gasteiger charge is -2.17. The first-order chi connectivity index (χ1) is 9.89. The zero-order valence-corrected chi connectivity index (χ0v) is 15.8. The van der Waals surface area contributed by atoms with Crippen molar-refractivity contribution in [1.29, 1.82) is 0 Å². The normalized spacial score (nSPS) is 13.0. The molecule has 6 heteroatoms. The van der Waals surface area contributed by atoms with Crippen LogP contribution < -0.4 is 0 Å². The summed E-state index contributed by atoms with van der Waals surface area (Å²) in [5, 5.41) is 0. The summed E-state index contributed by atoms with van der Waals surface area (Å²) in [6.45, 7) is 10.1. The summed E-state index contributed by atoms with van der Waals surface area (Å²) in [5.41, 5.74) is 0.488. The second-order valence-electron chi connectivity index (χ2n) is 6.01. The molecule has 0 aliphatic rings. The van der Waals surface area contributed by atoms with Crippen molar-refractivity contribution in [3.63, 3.8) is 0 Å². The van der Waals surface area contributed by atoms with Crippen LogP contribution in [0.15, 0.2) is 29.2 Å². The topological polar surface area (TPSA) is 74.3 Å². The number of rotatable bonds is 4. The Bertz CT molecular complexity index is 586. The van der Waals surface area contributed by atoms with E-state index in [1.807, 2.05) is 6.92 Å². The van der Waals surface area contributed by atoms with Crippen molar-refractivity contribution in [2.45, 2.75) is 50.7 Å². The van der Waals surface area contributed by atoms with Crippen LogP contribution in [0.25, 0.3) is 0 Å². The maximum atomic E-state index is 11.1. The van der Waals surface area contributed by atoms with E-state index in [9.17, 15) is 17.8 Å². The van der Waals surface area contributed by atoms with Crippen molar-refractivity contribution in [3.05, 3.63) is 29.8 Å². The Hall–Kier alpha value is -0.850. The molecule has 1 unspecified atom stereocenters. The van der Waals surface area contributed by atoms with Crippen LogP contribution in [0.3, 0.4) is 0 Å². The molecule has 22 heavy (non-hydrogen) atoms. The van der Waals surface area contributed by atoms with Gasteiger partial charge in [-0.25, -0.2) is 8.42 Å². The van der Waals surface area contributed by atoms with Crippen molar-refractivity contribution in [1.82, 2.24) is 0 Å². The van der Waals surface area contributed by atoms with Gasteiger partial charge in [-0.05, 0) is 50.2 Å². The van der Waals surface area contributed by atoms with Crippen molar-refractivity contribution in [2.24, 2.45) is 0 Å². The summed E-state index contributed by atoms with van der Waals surface area (Å²) >= 11 is 0. The number of carbonyl (C=O) groups is 1. The molecule has 0 fully saturated rings. The lowest BCUT2D eigenvalue weighted by molar-refractivity contribution is -0.116. The lowest BCUT2D eigenvalue weighted by Crippen LogP contribution is -2.32. The molecule has 0 aliphatic carbocycles. The summed E-state index contributed by atoms with van der Waals surface area (Å²) in [5.74, 6) is 1.16. The number of carbonyl (C=O) groups excluding carboxylic acids is 1. The Kier molecular flexibility index (Phi) is 8.36. The van der Waals surface area contributed by atoms with Crippen molar-refractivity contribution >= 4 is 26.8 Å². The number of hydrogen-bond donors (Lipinski definition) is 0. The maximum absolute atomic E-state index is 11.1. The number of ketones is 1. The first-order valence-electron chi connectivity index (χ1n) is 7.05. The standard InChI is InChI=1S/C9H19OS.C7H8O3S/c1-6-8(10)7-11(5)9(2,3)4;1-6-4-2-3-5-7(6)11(8,9)10/h6-7H2,1-5H3;2-5H,1H3,(H,8,9,10)/q+1;/p-1. The number of hydrogen-bond acceptors (Lipinski definition) is 4. The summed E-state index contributed by atoms with van der Waals surface area (Å²) in [6, 6.07) is 6.10. The average Bonchev–Trinajstić information content (AvgIpc) is 2.37. The minimum atomic E-state index is -4.28. The smallest absolute Gasteiger partial charge is 0.181 e. The van der Waals surface area contributed by atoms with Crippen LogP contribution in [-0.4, -0.2) is 35.5 Å². The predicted octanol–water partition coefficient (Wildman–Crippen LogP) is 2.91. The summed E-state index contributed by atoms with van der Waals surface area (Å²) in [6.07, 6.45) is 2.86. The van der Waals surface area contributed by atoms with Gasteiger partial charge in [0.05, 0.1) is 11.2 Å². The van der Waals surface area contributed by atoms with Crippen molar-refractivity contribution in [3.8, 4) is 0 Å². The monoisotopic (exact) mass is 346 g/mol. The van der Waals surface area contributed by atoms with E-state index in [2.05, 4.69) is 27.0 Å². The van der Waals surface area contributed by atoms with Gasteiger partial charge in [0.25, 0.3) is 0 Å². The van der Waals surface area contributed by atoms with Crippen LogP contribution >= 0.6 is 0 Å². The fourth-order valence-corrected chi connectivity index (χ4v) is 3.22. The second-order valence-corrected chi connectivity index (χ2v) is 10.1. The quantitative estimate of drug-likeness (QED) is 0.620. The molecule has 0 saturated heterocycles. The Labute approximate surface area is 137 Å². The zero-order chi connectivity index (χ0) is 17.6. The second kappa shape index (κ2) is 8.70. The molecule has 0 aromatic heterocycles. The minimum Gasteiger partial charge on any atom is -0.744 e. The molecular weight excluding hydrogens is 320 g/mol. The van der Waals surface area contributed by atoms with Crippen molar-refractivity contribution in [2.75, 3.05) is 12.0 Å². The molecule has 0 radical (unpaired) electrons. The predicted molar refractivity (Wildman–Crippen MR) is 92.3 cm³/mol. The Morgan fingerprint density at radius 1 is 1.23 bits per heavy atom. The van der Waals surface area contributed by atoms with Gasteiger partial charge < -0.3 is 4.55 Å². The Balaban J connectivity index is 0.000000401. The highest BCUT2D eigenvalue weighted by Crippen LogP contribution is 2.16. The highest BCUT2D eigenvalue weighted by Gasteiger charge is 2.30. The molecular formula is C16H26O4S2. The third kappa shape index (κ3) is 7.96. The third-order valence-electron chi connectivity index (χ3n) is 3.18. The van der Waals surface area contributed by atoms with Gasteiger partial charge >= 0.3 is 0 Å². The molecule has 1 rings (SSSR count). The SMILES string of the molecule is CCC(=O)C[S+](C)C(C)(C)C.Cc1ccccc1S(=O)(=O)[O-]. The number of aryl methyl sites for hydroxylation is 1. The average molecular weight is 347 g/mol. The Morgan fingerprint density at radius 2 is 1.73 bits per heavy atom. The highest BCUT2D eigenvalue weighted by molar-refractivity contribution is 7.98. The molecule has 0 heterocycles. The van der Waals surface area contributed by atoms with E-state index in [4.69, 9.17) is 0 Å². The van der Waals surface area contributed by atoms with E-state index in [-0.39, 0.29) is 15.8 Å². The van der Waals surface area contributed by atoms with Crippen LogP contribution in [-0.2, 0) is 25.8 Å². The molecule has 0 bridgehead atoms. The van der Waals surface area contributed by atoms with E-state index in [1.165, 1.54) is 12.1 Å². The van der Waals surface area contributed by atoms with E-state index >= 15 is 0 Å². The lowest BCUT2D eigenvalue weighted by atomic mass is 10.2. The van der Waals surface area contributed by atoms with Gasteiger partial charge in [-0.1, -0.05) is 25.1 Å². The Morgan fingerprint density at radius 3 is 2.05 bits per heavy atom. The minimum absolute atomic E-state index is 0.139. The van der Waals surface area contributed by atoms with Crippen LogP contribution in [0, 0.1) is 6.92 Å². The van der Waals surface area contributed by atoms with Gasteiger partial charge in [-0.2, -0.15) is 0 Å². The third-order valence-corrected chi connectivity index (χ3v) is 7.02. The fraction of sp³-hybridized carbons (Fsp3) is 0.562. The van der Waals surface area contributed by atoms with E-state index in [1.54, 1.807) is 19.1 Å².